The molecule has 6 rings (SSSR count). The third-order valence-corrected chi connectivity index (χ3v) is 6.28. The topological polar surface area (TPSA) is 102 Å². The lowest BCUT2D eigenvalue weighted by Crippen LogP contribution is -2.39. The highest BCUT2D eigenvalue weighted by atomic mass is 16.5. The van der Waals surface area contributed by atoms with E-state index in [0.717, 1.165) is 73.7 Å². The van der Waals surface area contributed by atoms with E-state index in [1.165, 1.54) is 0 Å². The van der Waals surface area contributed by atoms with E-state index < -0.39 is 0 Å². The Hall–Kier alpha value is -3.34. The zero-order valence-electron chi connectivity index (χ0n) is 18.9. The molecule has 2 aliphatic rings. The average Bonchev–Trinajstić information content (AvgIpc) is 3.33. The van der Waals surface area contributed by atoms with Crippen LogP contribution in [-0.4, -0.2) is 95.6 Å². The Labute approximate surface area is 196 Å². The van der Waals surface area contributed by atoms with Crippen LogP contribution in [0.1, 0.15) is 0 Å². The number of aromatic nitrogens is 5. The van der Waals surface area contributed by atoms with Crippen LogP contribution in [0.4, 0.5) is 5.82 Å². The molecule has 3 aromatic heterocycles. The van der Waals surface area contributed by atoms with Gasteiger partial charge in [-0.3, -0.25) is 4.90 Å². The van der Waals surface area contributed by atoms with E-state index in [9.17, 15) is 0 Å². The van der Waals surface area contributed by atoms with Gasteiger partial charge in [0.1, 0.15) is 17.6 Å². The molecule has 10 heteroatoms. The van der Waals surface area contributed by atoms with E-state index in [-0.39, 0.29) is 0 Å². The summed E-state index contributed by atoms with van der Waals surface area (Å²) in [4.78, 5) is 26.8. The fraction of sp³-hybridized carbons (Fsp3) is 0.417. The first-order valence-electron chi connectivity index (χ1n) is 11.7. The molecule has 0 amide bonds. The van der Waals surface area contributed by atoms with E-state index in [1.807, 2.05) is 24.4 Å². The minimum Gasteiger partial charge on any atom is -0.462 e. The zero-order valence-corrected chi connectivity index (χ0v) is 18.9. The van der Waals surface area contributed by atoms with Crippen LogP contribution in [0.3, 0.4) is 0 Å². The molecule has 0 spiro atoms. The minimum absolute atomic E-state index is 0.352. The molecule has 2 aliphatic heterocycles. The number of ether oxygens (including phenoxy) is 3. The number of benzene rings is 1. The van der Waals surface area contributed by atoms with Crippen LogP contribution in [0, 0.1) is 0 Å². The first-order valence-corrected chi connectivity index (χ1v) is 11.7. The third-order valence-electron chi connectivity index (χ3n) is 6.28. The Kier molecular flexibility index (Phi) is 5.92. The van der Waals surface area contributed by atoms with Gasteiger partial charge in [0.15, 0.2) is 11.6 Å². The first kappa shape index (κ1) is 21.2. The van der Waals surface area contributed by atoms with Crippen LogP contribution in [0.25, 0.3) is 33.3 Å². The molecule has 2 saturated heterocycles. The third kappa shape index (κ3) is 4.27. The van der Waals surface area contributed by atoms with Gasteiger partial charge in [0, 0.05) is 55.4 Å². The summed E-state index contributed by atoms with van der Waals surface area (Å²) in [5, 5.41) is 1.08. The second-order valence-corrected chi connectivity index (χ2v) is 8.41. The molecular weight excluding hydrogens is 434 g/mol. The number of para-hydroxylation sites is 1. The quantitative estimate of drug-likeness (QED) is 0.463. The summed E-state index contributed by atoms with van der Waals surface area (Å²) in [6.45, 7) is 7.50. The van der Waals surface area contributed by atoms with Crippen LogP contribution in [0.15, 0.2) is 36.7 Å². The van der Waals surface area contributed by atoms with E-state index in [1.54, 1.807) is 6.20 Å². The van der Waals surface area contributed by atoms with Gasteiger partial charge >= 0.3 is 6.01 Å². The number of fused-ring (bicyclic) bond motifs is 2. The van der Waals surface area contributed by atoms with Crippen molar-refractivity contribution in [3.8, 4) is 17.4 Å². The predicted octanol–water partition coefficient (Wildman–Crippen LogP) is 2.12. The van der Waals surface area contributed by atoms with Crippen molar-refractivity contribution < 1.29 is 14.2 Å². The minimum atomic E-state index is 0.352. The highest BCUT2D eigenvalue weighted by molar-refractivity contribution is 5.95. The van der Waals surface area contributed by atoms with Crippen molar-refractivity contribution in [1.82, 2.24) is 29.8 Å². The molecule has 1 N–H and O–H groups in total. The number of anilines is 1. The number of hydrogen-bond donors (Lipinski definition) is 1. The Morgan fingerprint density at radius 2 is 1.74 bits per heavy atom. The van der Waals surface area contributed by atoms with Crippen molar-refractivity contribution in [2.75, 3.05) is 70.7 Å². The van der Waals surface area contributed by atoms with Gasteiger partial charge in [-0.1, -0.05) is 18.2 Å². The van der Waals surface area contributed by atoms with Gasteiger partial charge in [-0.15, -0.1) is 0 Å². The maximum atomic E-state index is 5.99. The lowest BCUT2D eigenvalue weighted by Gasteiger charge is -2.28. The maximum Gasteiger partial charge on any atom is 0.319 e. The molecule has 0 unspecified atom stereocenters. The Bertz CT molecular complexity index is 1280. The summed E-state index contributed by atoms with van der Waals surface area (Å²) in [5.74, 6) is 1.40. The van der Waals surface area contributed by atoms with Crippen LogP contribution in [0.2, 0.25) is 0 Å². The number of nitrogens with one attached hydrogen (secondary N) is 1. The number of hydrogen-bond acceptors (Lipinski definition) is 9. The summed E-state index contributed by atoms with van der Waals surface area (Å²) in [5.41, 5.74) is 3.39. The SMILES string of the molecule is c1ccc2c(-c3ncc4nc(OCCN5CCOCC5)nc(N5CCOCC5)c4n3)c[nH]c2c1. The average molecular weight is 462 g/mol. The number of rotatable bonds is 6. The molecule has 4 aromatic rings. The summed E-state index contributed by atoms with van der Waals surface area (Å²) in [6, 6.07) is 8.49. The smallest absolute Gasteiger partial charge is 0.319 e. The number of aromatic amines is 1. The van der Waals surface area contributed by atoms with Crippen molar-refractivity contribution in [1.29, 1.82) is 0 Å². The number of morpholine rings is 2. The lowest BCUT2D eigenvalue weighted by molar-refractivity contribution is 0.0317. The normalized spacial score (nSPS) is 17.5. The van der Waals surface area contributed by atoms with Gasteiger partial charge in [0.2, 0.25) is 0 Å². The van der Waals surface area contributed by atoms with Crippen molar-refractivity contribution in [2.45, 2.75) is 0 Å². The Balaban J connectivity index is 1.33. The molecule has 0 aliphatic carbocycles. The second-order valence-electron chi connectivity index (χ2n) is 8.41. The van der Waals surface area contributed by atoms with Gasteiger partial charge in [0.25, 0.3) is 0 Å². The van der Waals surface area contributed by atoms with Gasteiger partial charge in [-0.05, 0) is 6.07 Å². The van der Waals surface area contributed by atoms with Crippen LogP contribution in [0.5, 0.6) is 6.01 Å². The first-order chi connectivity index (χ1) is 16.8. The lowest BCUT2D eigenvalue weighted by atomic mass is 10.1. The molecule has 0 saturated carbocycles. The number of H-pyrrole nitrogens is 1. The summed E-state index contributed by atoms with van der Waals surface area (Å²) < 4.78 is 17.0. The van der Waals surface area contributed by atoms with E-state index >= 15 is 0 Å². The molecule has 0 radical (unpaired) electrons. The molecule has 5 heterocycles. The number of nitrogens with zero attached hydrogens (tertiary/aromatic N) is 6. The fourth-order valence-corrected chi connectivity index (χ4v) is 4.43. The molecular formula is C24H27N7O3. The Morgan fingerprint density at radius 1 is 0.941 bits per heavy atom. The highest BCUT2D eigenvalue weighted by Gasteiger charge is 2.21. The standard InChI is InChI=1S/C24H27N7O3/c1-2-4-19-17(3-1)18(15-25-19)22-26-16-20-21(28-22)23(31-8-12-33-13-9-31)29-24(27-20)34-14-7-30-5-10-32-11-6-30/h1-4,15-16,25H,5-14H2. The fourth-order valence-electron chi connectivity index (χ4n) is 4.43. The second kappa shape index (κ2) is 9.49. The summed E-state index contributed by atoms with van der Waals surface area (Å²) in [6.07, 6.45) is 3.71. The van der Waals surface area contributed by atoms with Crippen LogP contribution in [-0.2, 0) is 9.47 Å². The molecule has 34 heavy (non-hydrogen) atoms. The van der Waals surface area contributed by atoms with Gasteiger partial charge in [-0.25, -0.2) is 9.97 Å². The predicted molar refractivity (Wildman–Crippen MR) is 128 cm³/mol. The summed E-state index contributed by atoms with van der Waals surface area (Å²) in [7, 11) is 0. The van der Waals surface area contributed by atoms with E-state index in [4.69, 9.17) is 24.2 Å². The monoisotopic (exact) mass is 461 g/mol. The molecule has 1 aromatic carbocycles. The highest BCUT2D eigenvalue weighted by Crippen LogP contribution is 2.30. The van der Waals surface area contributed by atoms with Crippen molar-refractivity contribution in [3.05, 3.63) is 36.7 Å². The zero-order chi connectivity index (χ0) is 22.7. The van der Waals surface area contributed by atoms with E-state index in [0.29, 0.717) is 37.2 Å². The largest absolute Gasteiger partial charge is 0.462 e. The summed E-state index contributed by atoms with van der Waals surface area (Å²) >= 11 is 0. The Morgan fingerprint density at radius 3 is 2.59 bits per heavy atom. The molecule has 0 bridgehead atoms. The van der Waals surface area contributed by atoms with Crippen LogP contribution < -0.4 is 9.64 Å². The van der Waals surface area contributed by atoms with Gasteiger partial charge in [0.05, 0.1) is 32.6 Å². The molecule has 10 nitrogen and oxygen atoms in total. The van der Waals surface area contributed by atoms with Crippen molar-refractivity contribution in [3.63, 3.8) is 0 Å². The van der Waals surface area contributed by atoms with E-state index in [2.05, 4.69) is 30.8 Å². The molecule has 0 atom stereocenters. The molecule has 2 fully saturated rings. The van der Waals surface area contributed by atoms with Crippen LogP contribution >= 0.6 is 0 Å². The van der Waals surface area contributed by atoms with Gasteiger partial charge < -0.3 is 24.1 Å². The van der Waals surface area contributed by atoms with Gasteiger partial charge in [-0.2, -0.15) is 9.97 Å². The van der Waals surface area contributed by atoms with Crippen molar-refractivity contribution in [2.24, 2.45) is 0 Å². The molecule has 176 valence electrons. The van der Waals surface area contributed by atoms with Crippen molar-refractivity contribution >= 4 is 27.8 Å². The maximum absolute atomic E-state index is 5.99.